The average molecular weight is 425 g/mol. The van der Waals surface area contributed by atoms with Crippen molar-refractivity contribution in [3.05, 3.63) is 47.8 Å². The molecule has 0 fully saturated rings. The van der Waals surface area contributed by atoms with Crippen molar-refractivity contribution in [1.29, 1.82) is 0 Å². The number of fused-ring (bicyclic) bond motifs is 1. The molecule has 0 radical (unpaired) electrons. The van der Waals surface area contributed by atoms with E-state index in [2.05, 4.69) is 4.72 Å². The molecule has 3 rings (SSSR count). The van der Waals surface area contributed by atoms with Gasteiger partial charge in [0.2, 0.25) is 10.0 Å². The van der Waals surface area contributed by atoms with Crippen molar-refractivity contribution in [2.24, 2.45) is 0 Å². The molecule has 0 unspecified atom stereocenters. The van der Waals surface area contributed by atoms with Gasteiger partial charge in [-0.3, -0.25) is 4.79 Å². The summed E-state index contributed by atoms with van der Waals surface area (Å²) in [6.45, 7) is 0.129. The van der Waals surface area contributed by atoms with Crippen molar-refractivity contribution >= 4 is 16.0 Å². The topological polar surface area (TPSA) is 100 Å². The summed E-state index contributed by atoms with van der Waals surface area (Å²) in [6.07, 6.45) is 0.693. The molecule has 0 spiro atoms. The van der Waals surface area contributed by atoms with Gasteiger partial charge in [-0.2, -0.15) is 4.72 Å². The van der Waals surface area contributed by atoms with Crippen LogP contribution in [0.3, 0.4) is 0 Å². The predicted octanol–water partition coefficient (Wildman–Crippen LogP) is 2.02. The van der Waals surface area contributed by atoms with E-state index >= 15 is 0 Å². The highest BCUT2D eigenvalue weighted by Crippen LogP contribution is 2.31. The number of hydrogen-bond acceptors (Lipinski definition) is 7. The number of ether oxygens (including phenoxy) is 4. The number of sulfonamides is 1. The van der Waals surface area contributed by atoms with Crippen LogP contribution in [0.5, 0.6) is 17.2 Å². The van der Waals surface area contributed by atoms with Gasteiger partial charge in [-0.1, -0.05) is 6.07 Å². The van der Waals surface area contributed by atoms with E-state index < -0.39 is 28.4 Å². The minimum absolute atomic E-state index is 0.0632. The van der Waals surface area contributed by atoms with Crippen molar-refractivity contribution in [2.45, 2.75) is 17.9 Å². The highest BCUT2D eigenvalue weighted by Gasteiger charge is 2.20. The second-order valence-electron chi connectivity index (χ2n) is 6.11. The molecule has 2 aromatic carbocycles. The molecule has 0 amide bonds. The third-order valence-corrected chi connectivity index (χ3v) is 5.45. The molecule has 0 aliphatic carbocycles. The van der Waals surface area contributed by atoms with Gasteiger partial charge in [0.15, 0.2) is 23.1 Å². The van der Waals surface area contributed by atoms with Gasteiger partial charge in [0, 0.05) is 12.5 Å². The second-order valence-corrected chi connectivity index (χ2v) is 7.88. The van der Waals surface area contributed by atoms with E-state index in [-0.39, 0.29) is 17.3 Å². The lowest BCUT2D eigenvalue weighted by molar-refractivity contribution is -0.143. The van der Waals surface area contributed by atoms with E-state index in [1.807, 2.05) is 0 Å². The Morgan fingerprint density at radius 3 is 2.62 bits per heavy atom. The number of carbonyl (C=O) groups is 1. The quantitative estimate of drug-likeness (QED) is 0.678. The number of benzene rings is 2. The van der Waals surface area contributed by atoms with Crippen LogP contribution in [0.1, 0.15) is 12.0 Å². The summed E-state index contributed by atoms with van der Waals surface area (Å²) in [7, 11) is -2.62. The summed E-state index contributed by atoms with van der Waals surface area (Å²) >= 11 is 0. The highest BCUT2D eigenvalue weighted by atomic mass is 32.2. The lowest BCUT2D eigenvalue weighted by atomic mass is 10.2. The van der Waals surface area contributed by atoms with Gasteiger partial charge in [0.25, 0.3) is 0 Å². The van der Waals surface area contributed by atoms with Crippen molar-refractivity contribution < 1.29 is 36.6 Å². The van der Waals surface area contributed by atoms with E-state index in [0.717, 1.165) is 0 Å². The fourth-order valence-corrected chi connectivity index (χ4v) is 3.55. The maximum Gasteiger partial charge on any atom is 0.321 e. The fraction of sp³-hybridized carbons (Fsp3) is 0.316. The molecule has 0 bridgehead atoms. The van der Waals surface area contributed by atoms with Gasteiger partial charge in [0.1, 0.15) is 13.2 Å². The standard InChI is InChI=1S/C19H20FNO7S/c1-25-16-5-3-13(9-15(16)20)12-28-19(22)11-21-29(23,24)14-4-6-17-18(10-14)27-8-2-7-26-17/h3-6,9-10,21H,2,7-8,11-12H2,1H3. The Kier molecular flexibility index (Phi) is 6.55. The summed E-state index contributed by atoms with van der Waals surface area (Å²) in [5.41, 5.74) is 0.405. The Bertz CT molecular complexity index is 994. The molecule has 0 saturated carbocycles. The van der Waals surface area contributed by atoms with Crippen molar-refractivity contribution in [2.75, 3.05) is 26.9 Å². The van der Waals surface area contributed by atoms with Crippen LogP contribution in [0.25, 0.3) is 0 Å². The highest BCUT2D eigenvalue weighted by molar-refractivity contribution is 7.89. The molecule has 0 atom stereocenters. The molecule has 0 saturated heterocycles. The van der Waals surface area contributed by atoms with Gasteiger partial charge >= 0.3 is 5.97 Å². The molecule has 10 heteroatoms. The van der Waals surface area contributed by atoms with Gasteiger partial charge < -0.3 is 18.9 Å². The maximum absolute atomic E-state index is 13.6. The Morgan fingerprint density at radius 2 is 1.90 bits per heavy atom. The zero-order chi connectivity index (χ0) is 20.9. The summed E-state index contributed by atoms with van der Waals surface area (Å²) in [4.78, 5) is 11.8. The lowest BCUT2D eigenvalue weighted by Crippen LogP contribution is -2.30. The minimum Gasteiger partial charge on any atom is -0.494 e. The Balaban J connectivity index is 1.56. The molecular weight excluding hydrogens is 405 g/mol. The van der Waals surface area contributed by atoms with Crippen LogP contribution in [0.4, 0.5) is 4.39 Å². The molecule has 8 nitrogen and oxygen atoms in total. The van der Waals surface area contributed by atoms with Crippen LogP contribution < -0.4 is 18.9 Å². The van der Waals surface area contributed by atoms with E-state index in [1.165, 1.54) is 43.5 Å². The summed E-state index contributed by atoms with van der Waals surface area (Å²) in [5.74, 6) is -0.527. The summed E-state index contributed by atoms with van der Waals surface area (Å²) in [5, 5.41) is 0. The third-order valence-electron chi connectivity index (χ3n) is 4.05. The largest absolute Gasteiger partial charge is 0.494 e. The fourth-order valence-electron chi connectivity index (χ4n) is 2.56. The molecule has 156 valence electrons. The van der Waals surface area contributed by atoms with Gasteiger partial charge in [0.05, 0.1) is 25.2 Å². The number of methoxy groups -OCH3 is 1. The molecule has 1 aliphatic heterocycles. The molecule has 29 heavy (non-hydrogen) atoms. The first-order valence-corrected chi connectivity index (χ1v) is 10.2. The maximum atomic E-state index is 13.6. The van der Waals surface area contributed by atoms with Crippen LogP contribution in [0.15, 0.2) is 41.3 Å². The van der Waals surface area contributed by atoms with E-state index in [0.29, 0.717) is 36.7 Å². The lowest BCUT2D eigenvalue weighted by Gasteiger charge is -2.11. The van der Waals surface area contributed by atoms with Crippen LogP contribution in [-0.4, -0.2) is 41.3 Å². The molecule has 1 aliphatic rings. The first-order chi connectivity index (χ1) is 13.9. The number of esters is 1. The number of rotatable bonds is 7. The monoisotopic (exact) mass is 425 g/mol. The van der Waals surface area contributed by atoms with E-state index in [1.54, 1.807) is 0 Å². The normalized spacial score (nSPS) is 13.4. The Morgan fingerprint density at radius 1 is 1.14 bits per heavy atom. The van der Waals surface area contributed by atoms with Crippen LogP contribution >= 0.6 is 0 Å². The van der Waals surface area contributed by atoms with E-state index in [4.69, 9.17) is 18.9 Å². The minimum atomic E-state index is -3.96. The molecule has 2 aromatic rings. The third kappa shape index (κ3) is 5.36. The van der Waals surface area contributed by atoms with Crippen molar-refractivity contribution in [3.8, 4) is 17.2 Å². The Labute approximate surface area is 167 Å². The van der Waals surface area contributed by atoms with Crippen LogP contribution in [0.2, 0.25) is 0 Å². The molecule has 1 N–H and O–H groups in total. The SMILES string of the molecule is COc1ccc(COC(=O)CNS(=O)(=O)c2ccc3c(c2)OCCCO3)cc1F. The summed E-state index contributed by atoms with van der Waals surface area (Å²) < 4.78 is 61.4. The van der Waals surface area contributed by atoms with Gasteiger partial charge in [-0.05, 0) is 29.8 Å². The number of carbonyl (C=O) groups excluding carboxylic acids is 1. The molecular formula is C19H20FNO7S. The van der Waals surface area contributed by atoms with Crippen LogP contribution in [-0.2, 0) is 26.2 Å². The zero-order valence-electron chi connectivity index (χ0n) is 15.6. The van der Waals surface area contributed by atoms with Gasteiger partial charge in [-0.25, -0.2) is 12.8 Å². The van der Waals surface area contributed by atoms with E-state index in [9.17, 15) is 17.6 Å². The second kappa shape index (κ2) is 9.10. The number of hydrogen-bond donors (Lipinski definition) is 1. The molecule has 0 aromatic heterocycles. The van der Waals surface area contributed by atoms with Gasteiger partial charge in [-0.15, -0.1) is 0 Å². The Hall–Kier alpha value is -2.85. The smallest absolute Gasteiger partial charge is 0.321 e. The first-order valence-electron chi connectivity index (χ1n) is 8.76. The average Bonchev–Trinajstić information content (AvgIpc) is 2.95. The van der Waals surface area contributed by atoms with Crippen molar-refractivity contribution in [3.63, 3.8) is 0 Å². The van der Waals surface area contributed by atoms with Crippen LogP contribution in [0, 0.1) is 5.82 Å². The van der Waals surface area contributed by atoms with Crippen molar-refractivity contribution in [1.82, 2.24) is 4.72 Å². The zero-order valence-corrected chi connectivity index (χ0v) is 16.5. The number of nitrogens with one attached hydrogen (secondary N) is 1. The summed E-state index contributed by atoms with van der Waals surface area (Å²) in [6, 6.07) is 8.33. The molecule has 1 heterocycles. The predicted molar refractivity (Wildman–Crippen MR) is 100.0 cm³/mol. The number of halogens is 1. The first kappa shape index (κ1) is 20.9.